The number of anilines is 1. The summed E-state index contributed by atoms with van der Waals surface area (Å²) in [6, 6.07) is 25.5. The molecule has 0 aliphatic rings. The van der Waals surface area contributed by atoms with Crippen LogP contribution < -0.4 is 10.6 Å². The number of rotatable bonds is 7. The summed E-state index contributed by atoms with van der Waals surface area (Å²) in [6.45, 7) is 8.64. The first-order valence-electron chi connectivity index (χ1n) is 11.2. The first kappa shape index (κ1) is 22.5. The fraction of sp³-hybridized carbons (Fsp3) is 0.214. The van der Waals surface area contributed by atoms with Crippen molar-refractivity contribution in [2.75, 3.05) is 5.32 Å². The maximum Gasteiger partial charge on any atom is 0.246 e. The van der Waals surface area contributed by atoms with Crippen molar-refractivity contribution in [3.63, 3.8) is 0 Å². The van der Waals surface area contributed by atoms with Crippen LogP contribution in [0.5, 0.6) is 0 Å². The standard InChI is InChI=1S/C28H30N4O/c1-19-15-16-20(2)26(17-19)30-28(33)27(23-11-7-5-8-12-23)29-18-25-21(3)31-32(22(25)4)24-13-9-6-10-14-24/h5-17,27,29H,18H2,1-4H3,(H,30,33). The zero-order chi connectivity index (χ0) is 23.4. The molecular weight excluding hydrogens is 408 g/mol. The summed E-state index contributed by atoms with van der Waals surface area (Å²) in [5, 5.41) is 11.4. The highest BCUT2D eigenvalue weighted by Gasteiger charge is 2.22. The largest absolute Gasteiger partial charge is 0.324 e. The monoisotopic (exact) mass is 438 g/mol. The third-order valence-electron chi connectivity index (χ3n) is 5.97. The van der Waals surface area contributed by atoms with Crippen molar-refractivity contribution in [1.29, 1.82) is 0 Å². The predicted molar refractivity (Wildman–Crippen MR) is 134 cm³/mol. The molecule has 0 saturated heterocycles. The SMILES string of the molecule is Cc1ccc(C)c(NC(=O)C(NCc2c(C)nn(-c3ccccc3)c2C)c2ccccc2)c1. The lowest BCUT2D eigenvalue weighted by Crippen LogP contribution is -2.33. The van der Waals surface area contributed by atoms with Gasteiger partial charge in [0.2, 0.25) is 5.91 Å². The minimum absolute atomic E-state index is 0.0827. The first-order valence-corrected chi connectivity index (χ1v) is 11.2. The second kappa shape index (κ2) is 9.84. The van der Waals surface area contributed by atoms with Crippen LogP contribution in [-0.2, 0) is 11.3 Å². The molecule has 5 nitrogen and oxygen atoms in total. The first-order chi connectivity index (χ1) is 15.9. The van der Waals surface area contributed by atoms with E-state index in [2.05, 4.69) is 17.6 Å². The summed E-state index contributed by atoms with van der Waals surface area (Å²) in [7, 11) is 0. The van der Waals surface area contributed by atoms with Crippen molar-refractivity contribution in [2.24, 2.45) is 0 Å². The molecule has 5 heteroatoms. The number of hydrogen-bond acceptors (Lipinski definition) is 3. The molecule has 1 heterocycles. The smallest absolute Gasteiger partial charge is 0.246 e. The molecule has 4 rings (SSSR count). The second-order valence-electron chi connectivity index (χ2n) is 8.43. The number of nitrogens with zero attached hydrogens (tertiary/aromatic N) is 2. The lowest BCUT2D eigenvalue weighted by atomic mass is 10.0. The highest BCUT2D eigenvalue weighted by Crippen LogP contribution is 2.22. The number of nitrogens with one attached hydrogen (secondary N) is 2. The number of aryl methyl sites for hydroxylation is 3. The van der Waals surface area contributed by atoms with Crippen molar-refractivity contribution in [2.45, 2.75) is 40.3 Å². The average Bonchev–Trinajstić information content (AvgIpc) is 3.11. The van der Waals surface area contributed by atoms with Gasteiger partial charge in [0.05, 0.1) is 11.4 Å². The fourth-order valence-corrected chi connectivity index (χ4v) is 4.04. The third-order valence-corrected chi connectivity index (χ3v) is 5.97. The fourth-order valence-electron chi connectivity index (χ4n) is 4.04. The molecule has 4 aromatic rings. The molecule has 0 spiro atoms. The quantitative estimate of drug-likeness (QED) is 0.396. The van der Waals surface area contributed by atoms with E-state index in [0.29, 0.717) is 6.54 Å². The normalized spacial score (nSPS) is 11.9. The van der Waals surface area contributed by atoms with E-state index in [1.807, 2.05) is 104 Å². The van der Waals surface area contributed by atoms with Crippen LogP contribution in [0.2, 0.25) is 0 Å². The number of amides is 1. The van der Waals surface area contributed by atoms with Crippen molar-refractivity contribution < 1.29 is 4.79 Å². The molecule has 2 N–H and O–H groups in total. The topological polar surface area (TPSA) is 59.0 Å². The van der Waals surface area contributed by atoms with Gasteiger partial charge in [0.1, 0.15) is 6.04 Å². The Morgan fingerprint density at radius 3 is 2.27 bits per heavy atom. The van der Waals surface area contributed by atoms with E-state index in [9.17, 15) is 4.79 Å². The number of carbonyl (C=O) groups is 1. The molecule has 1 unspecified atom stereocenters. The number of hydrogen-bond donors (Lipinski definition) is 2. The van der Waals surface area contributed by atoms with Crippen LogP contribution in [-0.4, -0.2) is 15.7 Å². The Morgan fingerprint density at radius 1 is 0.909 bits per heavy atom. The summed E-state index contributed by atoms with van der Waals surface area (Å²) in [4.78, 5) is 13.4. The zero-order valence-corrected chi connectivity index (χ0v) is 19.6. The maximum absolute atomic E-state index is 13.4. The Bertz CT molecular complexity index is 1250. The molecule has 0 bridgehead atoms. The third kappa shape index (κ3) is 5.04. The predicted octanol–water partition coefficient (Wildman–Crippen LogP) is 5.58. The number of para-hydroxylation sites is 1. The van der Waals surface area contributed by atoms with E-state index in [-0.39, 0.29) is 5.91 Å². The van der Waals surface area contributed by atoms with Crippen molar-refractivity contribution in [1.82, 2.24) is 15.1 Å². The van der Waals surface area contributed by atoms with E-state index >= 15 is 0 Å². The molecule has 0 radical (unpaired) electrons. The van der Waals surface area contributed by atoms with Crippen LogP contribution in [0.4, 0.5) is 5.69 Å². The molecule has 0 saturated carbocycles. The average molecular weight is 439 g/mol. The molecule has 3 aromatic carbocycles. The second-order valence-corrected chi connectivity index (χ2v) is 8.43. The summed E-state index contributed by atoms with van der Waals surface area (Å²) in [5.41, 5.74) is 8.05. The van der Waals surface area contributed by atoms with Gasteiger partial charge in [-0.1, -0.05) is 60.7 Å². The Kier molecular flexibility index (Phi) is 6.71. The zero-order valence-electron chi connectivity index (χ0n) is 19.6. The van der Waals surface area contributed by atoms with E-state index in [1.165, 1.54) is 0 Å². The van der Waals surface area contributed by atoms with Gasteiger partial charge in [0.25, 0.3) is 0 Å². The Balaban J connectivity index is 1.59. The summed E-state index contributed by atoms with van der Waals surface area (Å²) >= 11 is 0. The van der Waals surface area contributed by atoms with Gasteiger partial charge in [-0.05, 0) is 62.6 Å². The molecular formula is C28H30N4O. The lowest BCUT2D eigenvalue weighted by molar-refractivity contribution is -0.118. The molecule has 0 aliphatic heterocycles. The van der Waals surface area contributed by atoms with Gasteiger partial charge in [0.15, 0.2) is 0 Å². The number of benzene rings is 3. The van der Waals surface area contributed by atoms with E-state index in [1.54, 1.807) is 0 Å². The van der Waals surface area contributed by atoms with Crippen LogP contribution in [0.15, 0.2) is 78.9 Å². The van der Waals surface area contributed by atoms with Gasteiger partial charge in [0, 0.05) is 23.5 Å². The molecule has 0 fully saturated rings. The Hall–Kier alpha value is -3.70. The van der Waals surface area contributed by atoms with Crippen molar-refractivity contribution in [3.8, 4) is 5.69 Å². The highest BCUT2D eigenvalue weighted by molar-refractivity contribution is 5.96. The molecule has 33 heavy (non-hydrogen) atoms. The number of carbonyl (C=O) groups excluding carboxylic acids is 1. The lowest BCUT2D eigenvalue weighted by Gasteiger charge is -2.20. The highest BCUT2D eigenvalue weighted by atomic mass is 16.2. The van der Waals surface area contributed by atoms with Crippen molar-refractivity contribution >= 4 is 11.6 Å². The Labute approximate surface area is 195 Å². The van der Waals surface area contributed by atoms with Gasteiger partial charge < -0.3 is 5.32 Å². The summed E-state index contributed by atoms with van der Waals surface area (Å²) < 4.78 is 1.96. The van der Waals surface area contributed by atoms with Gasteiger partial charge in [-0.15, -0.1) is 0 Å². The molecule has 1 aromatic heterocycles. The van der Waals surface area contributed by atoms with Gasteiger partial charge in [-0.3, -0.25) is 10.1 Å². The van der Waals surface area contributed by atoms with Gasteiger partial charge >= 0.3 is 0 Å². The van der Waals surface area contributed by atoms with Crippen LogP contribution in [0.3, 0.4) is 0 Å². The van der Waals surface area contributed by atoms with E-state index < -0.39 is 6.04 Å². The van der Waals surface area contributed by atoms with Crippen LogP contribution in [0.1, 0.15) is 39.7 Å². The van der Waals surface area contributed by atoms with Gasteiger partial charge in [-0.2, -0.15) is 5.10 Å². The van der Waals surface area contributed by atoms with Crippen LogP contribution in [0.25, 0.3) is 5.69 Å². The summed E-state index contributed by atoms with van der Waals surface area (Å²) in [5.74, 6) is -0.0827. The van der Waals surface area contributed by atoms with E-state index in [4.69, 9.17) is 5.10 Å². The molecule has 1 atom stereocenters. The van der Waals surface area contributed by atoms with Crippen LogP contribution >= 0.6 is 0 Å². The van der Waals surface area contributed by atoms with Gasteiger partial charge in [-0.25, -0.2) is 4.68 Å². The molecule has 1 amide bonds. The van der Waals surface area contributed by atoms with Crippen molar-refractivity contribution in [3.05, 3.63) is 113 Å². The molecule has 168 valence electrons. The minimum atomic E-state index is -0.495. The Morgan fingerprint density at radius 2 is 1.58 bits per heavy atom. The maximum atomic E-state index is 13.4. The molecule has 0 aliphatic carbocycles. The summed E-state index contributed by atoms with van der Waals surface area (Å²) in [6.07, 6.45) is 0. The number of aromatic nitrogens is 2. The van der Waals surface area contributed by atoms with E-state index in [0.717, 1.165) is 45.0 Å². The minimum Gasteiger partial charge on any atom is -0.324 e. The van der Waals surface area contributed by atoms with Crippen LogP contribution in [0, 0.1) is 27.7 Å².